The normalized spacial score (nSPS) is 18.6. The van der Waals surface area contributed by atoms with Crippen molar-refractivity contribution in [3.63, 3.8) is 0 Å². The third-order valence-electron chi connectivity index (χ3n) is 7.95. The van der Waals surface area contributed by atoms with E-state index in [2.05, 4.69) is 20.7 Å². The summed E-state index contributed by atoms with van der Waals surface area (Å²) in [5.74, 6) is -3.76. The van der Waals surface area contributed by atoms with Crippen molar-refractivity contribution in [2.45, 2.75) is 95.5 Å². The van der Waals surface area contributed by atoms with Crippen molar-refractivity contribution in [2.24, 2.45) is 11.8 Å². The first-order valence-corrected chi connectivity index (χ1v) is 14.8. The van der Waals surface area contributed by atoms with Gasteiger partial charge in [-0.05, 0) is 69.1 Å². The van der Waals surface area contributed by atoms with Gasteiger partial charge in [0.15, 0.2) is 5.65 Å². The third kappa shape index (κ3) is 8.20. The topological polar surface area (TPSA) is 111 Å². The number of aromatic nitrogens is 4. The maximum atomic E-state index is 14.0. The molecular formula is C30H35F5N6O3. The minimum Gasteiger partial charge on any atom is -0.489 e. The van der Waals surface area contributed by atoms with Crippen molar-refractivity contribution >= 4 is 17.5 Å². The maximum Gasteiger partial charge on any atom is 0.389 e. The molecule has 44 heavy (non-hydrogen) atoms. The molecule has 2 aliphatic rings. The Morgan fingerprint density at radius 2 is 1.73 bits per heavy atom. The summed E-state index contributed by atoms with van der Waals surface area (Å²) in [6, 6.07) is 2.04. The summed E-state index contributed by atoms with van der Waals surface area (Å²) in [7, 11) is 0. The highest BCUT2D eigenvalue weighted by Crippen LogP contribution is 2.43. The van der Waals surface area contributed by atoms with Crippen LogP contribution in [0.15, 0.2) is 36.9 Å². The molecule has 9 nitrogen and oxygen atoms in total. The van der Waals surface area contributed by atoms with E-state index in [0.29, 0.717) is 22.7 Å². The van der Waals surface area contributed by atoms with E-state index in [-0.39, 0.29) is 49.2 Å². The van der Waals surface area contributed by atoms with Crippen molar-refractivity contribution in [2.75, 3.05) is 0 Å². The van der Waals surface area contributed by atoms with E-state index in [4.69, 9.17) is 9.72 Å². The summed E-state index contributed by atoms with van der Waals surface area (Å²) in [5, 5.41) is 10.1. The molecule has 2 aliphatic carbocycles. The number of amides is 2. The molecule has 0 radical (unpaired) electrons. The van der Waals surface area contributed by atoms with Crippen LogP contribution in [0.25, 0.3) is 5.65 Å². The summed E-state index contributed by atoms with van der Waals surface area (Å²) < 4.78 is 73.1. The molecule has 2 N–H and O–H groups in total. The fourth-order valence-corrected chi connectivity index (χ4v) is 5.57. The molecule has 5 rings (SSSR count). The first-order chi connectivity index (χ1) is 20.8. The van der Waals surface area contributed by atoms with E-state index >= 15 is 0 Å². The van der Waals surface area contributed by atoms with Crippen LogP contribution in [-0.2, 0) is 4.79 Å². The molecule has 14 heteroatoms. The zero-order valence-electron chi connectivity index (χ0n) is 24.4. The van der Waals surface area contributed by atoms with Gasteiger partial charge in [0.05, 0.1) is 54.5 Å². The molecule has 0 aliphatic heterocycles. The third-order valence-corrected chi connectivity index (χ3v) is 7.95. The van der Waals surface area contributed by atoms with Crippen LogP contribution in [0, 0.1) is 11.8 Å². The van der Waals surface area contributed by atoms with Crippen LogP contribution < -0.4 is 15.4 Å². The van der Waals surface area contributed by atoms with E-state index in [1.165, 1.54) is 23.1 Å². The Bertz CT molecular complexity index is 1480. The first-order valence-electron chi connectivity index (χ1n) is 14.8. The van der Waals surface area contributed by atoms with Gasteiger partial charge >= 0.3 is 6.18 Å². The number of carbonyl (C=O) groups is 2. The number of nitrogens with one attached hydrogen (secondary N) is 2. The van der Waals surface area contributed by atoms with Crippen molar-refractivity contribution < 1.29 is 36.3 Å². The van der Waals surface area contributed by atoms with Crippen molar-refractivity contribution in [3.8, 4) is 5.75 Å². The summed E-state index contributed by atoms with van der Waals surface area (Å²) >= 11 is 0. The van der Waals surface area contributed by atoms with Gasteiger partial charge in [-0.1, -0.05) is 0 Å². The molecule has 2 saturated carbocycles. The molecular weight excluding hydrogens is 587 g/mol. The van der Waals surface area contributed by atoms with Crippen LogP contribution in [0.1, 0.15) is 98.9 Å². The predicted molar refractivity (Wildman–Crippen MR) is 149 cm³/mol. The number of carbonyl (C=O) groups excluding carboxylic acids is 2. The lowest BCUT2D eigenvalue weighted by molar-refractivity contribution is -0.144. The van der Waals surface area contributed by atoms with E-state index in [1.807, 2.05) is 13.8 Å². The van der Waals surface area contributed by atoms with Crippen LogP contribution in [0.5, 0.6) is 5.75 Å². The molecule has 0 bridgehead atoms. The number of imidazole rings is 1. The Hall–Kier alpha value is -3.84. The fraction of sp³-hybridized carbons (Fsp3) is 0.567. The number of alkyl halides is 5. The van der Waals surface area contributed by atoms with Gasteiger partial charge in [-0.15, -0.1) is 0 Å². The first kappa shape index (κ1) is 31.6. The number of nitrogens with zero attached hydrogens (tertiary/aromatic N) is 4. The van der Waals surface area contributed by atoms with Gasteiger partial charge in [0.1, 0.15) is 5.75 Å². The highest BCUT2D eigenvalue weighted by atomic mass is 19.4. The molecule has 2 atom stereocenters. The van der Waals surface area contributed by atoms with E-state index in [9.17, 15) is 31.5 Å². The monoisotopic (exact) mass is 622 g/mol. The van der Waals surface area contributed by atoms with Crippen LogP contribution >= 0.6 is 0 Å². The molecule has 0 saturated heterocycles. The zero-order chi connectivity index (χ0) is 31.6. The van der Waals surface area contributed by atoms with Crippen molar-refractivity contribution in [1.29, 1.82) is 0 Å². The van der Waals surface area contributed by atoms with Crippen molar-refractivity contribution in [3.05, 3.63) is 53.7 Å². The summed E-state index contributed by atoms with van der Waals surface area (Å²) in [6.45, 7) is 3.69. The van der Waals surface area contributed by atoms with Gasteiger partial charge in [0.2, 0.25) is 11.8 Å². The van der Waals surface area contributed by atoms with E-state index in [1.54, 1.807) is 18.3 Å². The van der Waals surface area contributed by atoms with Gasteiger partial charge < -0.3 is 15.4 Å². The molecule has 2 amide bonds. The smallest absolute Gasteiger partial charge is 0.389 e. The number of ether oxygens (including phenoxy) is 1. The Kier molecular flexibility index (Phi) is 9.07. The Morgan fingerprint density at radius 3 is 2.39 bits per heavy atom. The van der Waals surface area contributed by atoms with Crippen LogP contribution in [0.2, 0.25) is 0 Å². The minimum absolute atomic E-state index is 0.0727. The number of hydrogen-bond acceptors (Lipinski definition) is 6. The quantitative estimate of drug-likeness (QED) is 0.250. The van der Waals surface area contributed by atoms with Gasteiger partial charge in [-0.25, -0.2) is 18.3 Å². The van der Waals surface area contributed by atoms with Crippen LogP contribution in [0.4, 0.5) is 22.0 Å². The number of hydrogen-bond donors (Lipinski definition) is 2. The summed E-state index contributed by atoms with van der Waals surface area (Å²) in [4.78, 5) is 34.5. The highest BCUT2D eigenvalue weighted by molar-refractivity contribution is 5.94. The molecule has 3 aromatic heterocycles. The Labute approximate surface area is 251 Å². The zero-order valence-corrected chi connectivity index (χ0v) is 24.4. The van der Waals surface area contributed by atoms with Crippen LogP contribution in [0.3, 0.4) is 0 Å². The maximum absolute atomic E-state index is 14.0. The predicted octanol–water partition coefficient (Wildman–Crippen LogP) is 6.12. The lowest BCUT2D eigenvalue weighted by atomic mass is 9.81. The standard InChI is InChI=1S/C30H35F5N6O3/c1-17(2)44-22-11-21(13-36-15-22)28(43)40-27(19-5-8-29(31,32)9-6-19)23-16-41-24(38-23)12-20(14-37-41)26(18-3-4-18)39-25(42)7-10-30(33,34)35/h11-19,26-27H,3-10H2,1-2H3,(H,39,42)(H,40,43)/t26-,27+/m1/s1. The van der Waals surface area contributed by atoms with Gasteiger partial charge in [-0.2, -0.15) is 18.3 Å². The summed E-state index contributed by atoms with van der Waals surface area (Å²) in [6.07, 6.45) is 0.975. The highest BCUT2D eigenvalue weighted by Gasteiger charge is 2.40. The molecule has 3 heterocycles. The van der Waals surface area contributed by atoms with Gasteiger partial charge in [-0.3, -0.25) is 14.6 Å². The Morgan fingerprint density at radius 1 is 1.02 bits per heavy atom. The van der Waals surface area contributed by atoms with Gasteiger partial charge in [0.25, 0.3) is 5.91 Å². The second-order valence-corrected chi connectivity index (χ2v) is 12.0. The lowest BCUT2D eigenvalue weighted by Gasteiger charge is -2.33. The average molecular weight is 623 g/mol. The second kappa shape index (κ2) is 12.6. The van der Waals surface area contributed by atoms with Gasteiger partial charge in [0, 0.05) is 25.5 Å². The second-order valence-electron chi connectivity index (χ2n) is 12.0. The molecule has 3 aromatic rings. The number of pyridine rings is 1. The number of fused-ring (bicyclic) bond motifs is 1. The number of halogens is 5. The molecule has 0 spiro atoms. The number of rotatable bonds is 11. The van der Waals surface area contributed by atoms with E-state index in [0.717, 1.165) is 12.8 Å². The lowest BCUT2D eigenvalue weighted by Crippen LogP contribution is -2.37. The largest absolute Gasteiger partial charge is 0.489 e. The van der Waals surface area contributed by atoms with E-state index < -0.39 is 48.8 Å². The minimum atomic E-state index is -4.43. The Balaban J connectivity index is 1.39. The average Bonchev–Trinajstić information content (AvgIpc) is 3.71. The summed E-state index contributed by atoms with van der Waals surface area (Å²) in [5.41, 5.74) is 1.66. The molecule has 0 unspecified atom stereocenters. The van der Waals surface area contributed by atoms with Crippen LogP contribution in [-0.4, -0.2) is 49.6 Å². The molecule has 238 valence electrons. The molecule has 0 aromatic carbocycles. The fourth-order valence-electron chi connectivity index (χ4n) is 5.57. The molecule has 2 fully saturated rings. The van der Waals surface area contributed by atoms with Crippen molar-refractivity contribution in [1.82, 2.24) is 30.2 Å². The SMILES string of the molecule is CC(C)Oc1cncc(C(=O)N[C@H](c2cn3ncc([C@H](NC(=O)CCC(F)(F)F)C4CC4)cc3n2)C2CCC(F)(F)CC2)c1.